The molecule has 3 aromatic rings. The Morgan fingerprint density at radius 1 is 1.42 bits per heavy atom. The number of rotatable bonds is 7. The third kappa shape index (κ3) is 3.37. The van der Waals surface area contributed by atoms with E-state index in [4.69, 9.17) is 5.26 Å². The number of anilines is 1. The van der Waals surface area contributed by atoms with Crippen LogP contribution < -0.4 is 5.32 Å². The maximum Gasteiger partial charge on any atom is 0.163 e. The molecule has 3 heterocycles. The molecule has 0 bridgehead atoms. The van der Waals surface area contributed by atoms with Gasteiger partial charge < -0.3 is 10.2 Å². The fraction of sp³-hybridized carbons (Fsp3) is 0.375. The number of nitrogens with zero attached hydrogens (tertiary/aromatic N) is 6. The number of aromatic nitrogens is 4. The van der Waals surface area contributed by atoms with Crippen LogP contribution >= 0.6 is 11.3 Å². The van der Waals surface area contributed by atoms with E-state index in [0.717, 1.165) is 23.4 Å². The lowest BCUT2D eigenvalue weighted by molar-refractivity contribution is 0.316. The van der Waals surface area contributed by atoms with Gasteiger partial charge >= 0.3 is 0 Å². The van der Waals surface area contributed by atoms with Gasteiger partial charge in [0.25, 0.3) is 0 Å². The van der Waals surface area contributed by atoms with Crippen molar-refractivity contribution in [1.82, 2.24) is 24.6 Å². The molecule has 0 aromatic carbocycles. The second kappa shape index (κ2) is 7.38. The average Bonchev–Trinajstić information content (AvgIpc) is 3.23. The molecule has 0 fully saturated rings. The van der Waals surface area contributed by atoms with Gasteiger partial charge in [-0.05, 0) is 25.5 Å². The quantitative estimate of drug-likeness (QED) is 0.711. The molecule has 0 radical (unpaired) electrons. The molecule has 24 heavy (non-hydrogen) atoms. The zero-order chi connectivity index (χ0) is 16.9. The fourth-order valence-corrected chi connectivity index (χ4v) is 3.49. The van der Waals surface area contributed by atoms with Gasteiger partial charge in [-0.15, -0.1) is 11.3 Å². The topological polar surface area (TPSA) is 82.7 Å². The van der Waals surface area contributed by atoms with Crippen molar-refractivity contribution < 1.29 is 0 Å². The first kappa shape index (κ1) is 16.4. The van der Waals surface area contributed by atoms with Gasteiger partial charge in [0.05, 0.1) is 36.7 Å². The van der Waals surface area contributed by atoms with Crippen molar-refractivity contribution in [3.05, 3.63) is 34.9 Å². The summed E-state index contributed by atoms with van der Waals surface area (Å²) in [4.78, 5) is 12.2. The summed E-state index contributed by atoms with van der Waals surface area (Å²) in [5.41, 5.74) is 0.750. The predicted molar refractivity (Wildman–Crippen MR) is 94.8 cm³/mol. The van der Waals surface area contributed by atoms with E-state index in [-0.39, 0.29) is 6.04 Å². The smallest absolute Gasteiger partial charge is 0.163 e. The van der Waals surface area contributed by atoms with Crippen LogP contribution in [-0.4, -0.2) is 45.3 Å². The summed E-state index contributed by atoms with van der Waals surface area (Å²) in [6.07, 6.45) is 3.69. The van der Waals surface area contributed by atoms with E-state index in [9.17, 15) is 0 Å². The van der Waals surface area contributed by atoms with Gasteiger partial charge in [-0.25, -0.2) is 14.6 Å². The van der Waals surface area contributed by atoms with Gasteiger partial charge in [0.2, 0.25) is 0 Å². The number of thiophene rings is 1. The molecule has 1 atom stereocenters. The molecular formula is C16H19N7S. The molecule has 0 amide bonds. The van der Waals surface area contributed by atoms with E-state index < -0.39 is 0 Å². The third-order valence-electron chi connectivity index (χ3n) is 3.83. The predicted octanol–water partition coefficient (Wildman–Crippen LogP) is 2.52. The highest BCUT2D eigenvalue weighted by molar-refractivity contribution is 7.10. The highest BCUT2D eigenvalue weighted by atomic mass is 32.1. The van der Waals surface area contributed by atoms with Crippen LogP contribution in [-0.2, 0) is 6.54 Å². The number of likely N-dealkylation sites (N-methyl/N-ethyl adjacent to an activating group) is 1. The summed E-state index contributed by atoms with van der Waals surface area (Å²) in [6, 6.07) is 6.61. The van der Waals surface area contributed by atoms with Crippen LogP contribution in [0.15, 0.2) is 30.0 Å². The van der Waals surface area contributed by atoms with Crippen LogP contribution in [0.4, 0.5) is 5.82 Å². The zero-order valence-corrected chi connectivity index (χ0v) is 14.5. The maximum atomic E-state index is 8.74. The molecule has 1 unspecified atom stereocenters. The highest BCUT2D eigenvalue weighted by Crippen LogP contribution is 2.25. The Hall–Kier alpha value is -2.50. The summed E-state index contributed by atoms with van der Waals surface area (Å²) in [5, 5.41) is 19.4. The molecule has 3 rings (SSSR count). The Morgan fingerprint density at radius 3 is 3.00 bits per heavy atom. The number of aryl methyl sites for hydroxylation is 1. The summed E-state index contributed by atoms with van der Waals surface area (Å²) in [7, 11) is 4.14. The number of nitrogens with one attached hydrogen (secondary N) is 1. The van der Waals surface area contributed by atoms with E-state index >= 15 is 0 Å². The van der Waals surface area contributed by atoms with Crippen LogP contribution in [0.3, 0.4) is 0 Å². The van der Waals surface area contributed by atoms with E-state index in [1.165, 1.54) is 11.2 Å². The summed E-state index contributed by atoms with van der Waals surface area (Å²) < 4.78 is 1.74. The van der Waals surface area contributed by atoms with Gasteiger partial charge in [-0.2, -0.15) is 10.4 Å². The van der Waals surface area contributed by atoms with E-state index in [0.29, 0.717) is 13.0 Å². The SMILES string of the molecule is CN(C)C(CNc1ncnc2c1cnn2CCC#N)c1cccs1. The van der Waals surface area contributed by atoms with Crippen LogP contribution in [0.2, 0.25) is 0 Å². The molecule has 0 spiro atoms. The van der Waals surface area contributed by atoms with Crippen LogP contribution in [0.1, 0.15) is 17.3 Å². The van der Waals surface area contributed by atoms with Gasteiger partial charge in [0.1, 0.15) is 12.1 Å². The molecule has 0 aliphatic carbocycles. The summed E-state index contributed by atoms with van der Waals surface area (Å²) >= 11 is 1.75. The molecule has 3 aromatic heterocycles. The van der Waals surface area contributed by atoms with Crippen LogP contribution in [0, 0.1) is 11.3 Å². The van der Waals surface area contributed by atoms with Gasteiger partial charge in [-0.3, -0.25) is 0 Å². The lowest BCUT2D eigenvalue weighted by Crippen LogP contribution is -2.26. The Labute approximate surface area is 144 Å². The largest absolute Gasteiger partial charge is 0.367 e. The van der Waals surface area contributed by atoms with Crippen molar-refractivity contribution >= 4 is 28.2 Å². The van der Waals surface area contributed by atoms with E-state index in [2.05, 4.69) is 63.0 Å². The molecule has 8 heteroatoms. The first-order valence-corrected chi connectivity index (χ1v) is 8.56. The molecule has 0 saturated heterocycles. The first-order chi connectivity index (χ1) is 11.7. The molecule has 0 aliphatic heterocycles. The molecule has 7 nitrogen and oxygen atoms in total. The van der Waals surface area contributed by atoms with Crippen molar-refractivity contribution in [3.8, 4) is 6.07 Å². The minimum atomic E-state index is 0.267. The Bertz CT molecular complexity index is 832. The average molecular weight is 341 g/mol. The monoisotopic (exact) mass is 341 g/mol. The lowest BCUT2D eigenvalue weighted by Gasteiger charge is -2.23. The van der Waals surface area contributed by atoms with Crippen molar-refractivity contribution in [1.29, 1.82) is 5.26 Å². The summed E-state index contributed by atoms with van der Waals surface area (Å²) in [5.74, 6) is 0.770. The molecule has 1 N–H and O–H groups in total. The molecule has 0 saturated carbocycles. The molecule has 0 aliphatic rings. The normalized spacial score (nSPS) is 12.4. The number of nitriles is 1. The highest BCUT2D eigenvalue weighted by Gasteiger charge is 2.16. The van der Waals surface area contributed by atoms with Crippen molar-refractivity contribution in [2.75, 3.05) is 26.0 Å². The number of fused-ring (bicyclic) bond motifs is 1. The van der Waals surface area contributed by atoms with Crippen molar-refractivity contribution in [2.24, 2.45) is 0 Å². The second-order valence-electron chi connectivity index (χ2n) is 5.61. The van der Waals surface area contributed by atoms with Crippen LogP contribution in [0.25, 0.3) is 11.0 Å². The van der Waals surface area contributed by atoms with Gasteiger partial charge in [0, 0.05) is 11.4 Å². The minimum Gasteiger partial charge on any atom is -0.367 e. The van der Waals surface area contributed by atoms with Crippen molar-refractivity contribution in [2.45, 2.75) is 19.0 Å². The summed E-state index contributed by atoms with van der Waals surface area (Å²) in [6.45, 7) is 1.27. The molecular weight excluding hydrogens is 322 g/mol. The van der Waals surface area contributed by atoms with Crippen LogP contribution in [0.5, 0.6) is 0 Å². The lowest BCUT2D eigenvalue weighted by atomic mass is 10.2. The number of hydrogen-bond donors (Lipinski definition) is 1. The van der Waals surface area contributed by atoms with Crippen molar-refractivity contribution in [3.63, 3.8) is 0 Å². The number of hydrogen-bond acceptors (Lipinski definition) is 7. The van der Waals surface area contributed by atoms with E-state index in [1.807, 2.05) is 0 Å². The standard InChI is InChI=1S/C16H19N7S/c1-22(2)13(14-5-3-8-24-14)10-18-15-12-9-21-23(7-4-6-17)16(12)20-11-19-15/h3,5,8-9,11,13H,4,7,10H2,1-2H3,(H,18,19,20). The third-order valence-corrected chi connectivity index (χ3v) is 4.80. The zero-order valence-electron chi connectivity index (χ0n) is 13.7. The maximum absolute atomic E-state index is 8.74. The Balaban J connectivity index is 1.80. The first-order valence-electron chi connectivity index (χ1n) is 7.68. The fourth-order valence-electron chi connectivity index (χ4n) is 2.57. The van der Waals surface area contributed by atoms with Gasteiger partial charge in [0.15, 0.2) is 5.65 Å². The van der Waals surface area contributed by atoms with E-state index in [1.54, 1.807) is 22.2 Å². The second-order valence-corrected chi connectivity index (χ2v) is 6.59. The van der Waals surface area contributed by atoms with Gasteiger partial charge in [-0.1, -0.05) is 6.07 Å². The minimum absolute atomic E-state index is 0.267. The molecule has 124 valence electrons. The Morgan fingerprint density at radius 2 is 2.29 bits per heavy atom. The Kier molecular flexibility index (Phi) is 5.03.